The van der Waals surface area contributed by atoms with Gasteiger partial charge in [0.15, 0.2) is 11.6 Å². The van der Waals surface area contributed by atoms with Gasteiger partial charge in [0, 0.05) is 0 Å². The molecule has 1 aliphatic rings. The van der Waals surface area contributed by atoms with Crippen LogP contribution in [0, 0.1) is 18.6 Å². The van der Waals surface area contributed by atoms with Crippen LogP contribution in [0.4, 0.5) is 14.5 Å². The number of aryl methyl sites for hydroxylation is 1. The molecule has 2 aromatic carbocycles. The summed E-state index contributed by atoms with van der Waals surface area (Å²) in [6.07, 6.45) is 0. The summed E-state index contributed by atoms with van der Waals surface area (Å²) in [5.74, 6) is -1.81. The fourth-order valence-electron chi connectivity index (χ4n) is 2.01. The van der Waals surface area contributed by atoms with E-state index in [0.29, 0.717) is 12.3 Å². The number of nitrogens with one attached hydrogen (secondary N) is 1. The molecule has 0 saturated heterocycles. The third-order valence-corrected chi connectivity index (χ3v) is 4.12. The Kier molecular flexibility index (Phi) is 5.40. The molecule has 1 atom stereocenters. The van der Waals surface area contributed by atoms with Crippen LogP contribution >= 0.6 is 0 Å². The molecule has 1 heterocycles. The van der Waals surface area contributed by atoms with E-state index in [9.17, 15) is 17.2 Å². The number of ether oxygens (including phenoxy) is 1. The Labute approximate surface area is 139 Å². The van der Waals surface area contributed by atoms with Crippen molar-refractivity contribution < 1.29 is 26.5 Å². The average Bonchev–Trinajstić information content (AvgIpc) is 2.51. The predicted molar refractivity (Wildman–Crippen MR) is 85.9 cm³/mol. The second-order valence-electron chi connectivity index (χ2n) is 5.38. The highest BCUT2D eigenvalue weighted by molar-refractivity contribution is 7.85. The highest BCUT2D eigenvalue weighted by Gasteiger charge is 2.21. The Hall–Kier alpha value is -2.19. The maximum Gasteiger partial charge on any atom is 0.294 e. The summed E-state index contributed by atoms with van der Waals surface area (Å²) in [4.78, 5) is -0.0666. The predicted octanol–water partition coefficient (Wildman–Crippen LogP) is 3.40. The van der Waals surface area contributed by atoms with Crippen LogP contribution in [0.1, 0.15) is 12.5 Å². The van der Waals surface area contributed by atoms with Gasteiger partial charge in [-0.15, -0.1) is 0 Å². The minimum atomic E-state index is -4.02. The van der Waals surface area contributed by atoms with E-state index in [2.05, 4.69) is 5.32 Å². The highest BCUT2D eigenvalue weighted by Crippen LogP contribution is 2.32. The maximum atomic E-state index is 13.1. The van der Waals surface area contributed by atoms with Gasteiger partial charge in [-0.3, -0.25) is 4.55 Å². The van der Waals surface area contributed by atoms with Crippen molar-refractivity contribution in [3.05, 3.63) is 53.6 Å². The van der Waals surface area contributed by atoms with E-state index < -0.39 is 21.8 Å². The molecule has 0 spiro atoms. The number of rotatable bonds is 1. The lowest BCUT2D eigenvalue weighted by Crippen LogP contribution is -2.28. The molecule has 3 rings (SSSR count). The number of benzene rings is 2. The number of anilines is 1. The number of fused-ring (bicyclic) bond motifs is 1. The quantitative estimate of drug-likeness (QED) is 0.765. The van der Waals surface area contributed by atoms with Gasteiger partial charge in [-0.25, -0.2) is 4.39 Å². The molecule has 0 amide bonds. The molecule has 24 heavy (non-hydrogen) atoms. The molecule has 130 valence electrons. The first-order valence-corrected chi connectivity index (χ1v) is 8.54. The summed E-state index contributed by atoms with van der Waals surface area (Å²) >= 11 is 0. The van der Waals surface area contributed by atoms with Gasteiger partial charge < -0.3 is 10.1 Å². The summed E-state index contributed by atoms with van der Waals surface area (Å²) in [5, 5.41) is 3.00. The van der Waals surface area contributed by atoms with Gasteiger partial charge in [-0.1, -0.05) is 17.7 Å². The van der Waals surface area contributed by atoms with Gasteiger partial charge in [-0.05, 0) is 38.1 Å². The van der Waals surface area contributed by atoms with Gasteiger partial charge in [0.25, 0.3) is 10.1 Å². The van der Waals surface area contributed by atoms with Crippen molar-refractivity contribution in [2.75, 3.05) is 11.9 Å². The molecule has 0 fully saturated rings. The molecular formula is C16H17F2NO4S. The fraction of sp³-hybridized carbons (Fsp3) is 0.250. The highest BCUT2D eigenvalue weighted by atomic mass is 32.2. The van der Waals surface area contributed by atoms with E-state index >= 15 is 0 Å². The first-order chi connectivity index (χ1) is 11.2. The van der Waals surface area contributed by atoms with Gasteiger partial charge >= 0.3 is 0 Å². The topological polar surface area (TPSA) is 75.6 Å². The number of halogens is 2. The lowest BCUT2D eigenvalue weighted by molar-refractivity contribution is 0.272. The monoisotopic (exact) mass is 357 g/mol. The normalized spacial score (nSPS) is 16.1. The van der Waals surface area contributed by atoms with Crippen LogP contribution in [0.25, 0.3) is 0 Å². The van der Waals surface area contributed by atoms with Crippen LogP contribution in [0.15, 0.2) is 41.3 Å². The van der Waals surface area contributed by atoms with E-state index in [1.165, 1.54) is 18.2 Å². The fourth-order valence-corrected chi connectivity index (χ4v) is 2.49. The van der Waals surface area contributed by atoms with E-state index in [1.807, 2.05) is 13.8 Å². The van der Waals surface area contributed by atoms with Crippen LogP contribution in [-0.4, -0.2) is 25.6 Å². The minimum Gasteiger partial charge on any atom is -0.486 e. The van der Waals surface area contributed by atoms with E-state index in [0.717, 1.165) is 11.6 Å². The molecule has 0 aromatic heterocycles. The Morgan fingerprint density at radius 1 is 1.17 bits per heavy atom. The van der Waals surface area contributed by atoms with Crippen molar-refractivity contribution in [3.63, 3.8) is 0 Å². The third-order valence-electron chi connectivity index (χ3n) is 3.25. The van der Waals surface area contributed by atoms with Crippen LogP contribution in [0.2, 0.25) is 0 Å². The van der Waals surface area contributed by atoms with Crippen molar-refractivity contribution in [2.45, 2.75) is 24.8 Å². The van der Waals surface area contributed by atoms with Crippen molar-refractivity contribution in [3.8, 4) is 5.75 Å². The Balaban J connectivity index is 0.000000177. The molecule has 0 saturated carbocycles. The van der Waals surface area contributed by atoms with Gasteiger partial charge in [-0.2, -0.15) is 12.8 Å². The zero-order valence-electron chi connectivity index (χ0n) is 13.1. The molecular weight excluding hydrogens is 340 g/mol. The summed E-state index contributed by atoms with van der Waals surface area (Å²) < 4.78 is 60.4. The number of hydrogen-bond donors (Lipinski definition) is 2. The largest absolute Gasteiger partial charge is 0.486 e. The molecule has 0 aliphatic carbocycles. The first-order valence-electron chi connectivity index (χ1n) is 7.10. The molecule has 2 N–H and O–H groups in total. The van der Waals surface area contributed by atoms with Gasteiger partial charge in [0.05, 0.1) is 16.6 Å². The van der Waals surface area contributed by atoms with E-state index in [4.69, 9.17) is 9.29 Å². The van der Waals surface area contributed by atoms with Crippen LogP contribution in [-0.2, 0) is 10.1 Å². The second kappa shape index (κ2) is 7.14. The lowest BCUT2D eigenvalue weighted by Gasteiger charge is -2.24. The van der Waals surface area contributed by atoms with Crippen molar-refractivity contribution in [1.82, 2.24) is 0 Å². The summed E-state index contributed by atoms with van der Waals surface area (Å²) in [6.45, 7) is 4.10. The molecule has 2 aromatic rings. The third kappa shape index (κ3) is 4.42. The Morgan fingerprint density at radius 2 is 1.79 bits per heavy atom. The molecule has 0 bridgehead atoms. The standard InChI is InChI=1S/C9H9F2NO.C7H8O3S/c1-5-4-13-9-7(12-5)3-2-6(10)8(9)11;1-6-2-4-7(5-3-6)11(8,9)10/h2-3,5,12H,4H2,1H3;2-5H,1H3,(H,8,9,10)/t5-;/m0./s1. The SMILES string of the molecule is C[C@H]1COc2c(ccc(F)c2F)N1.Cc1ccc(S(=O)(=O)O)cc1. The number of hydrogen-bond acceptors (Lipinski definition) is 4. The van der Waals surface area contributed by atoms with Gasteiger partial charge in [0.2, 0.25) is 5.82 Å². The Morgan fingerprint density at radius 3 is 2.38 bits per heavy atom. The Bertz CT molecular complexity index is 823. The maximum absolute atomic E-state index is 13.1. The molecule has 1 aliphatic heterocycles. The van der Waals surface area contributed by atoms with E-state index in [-0.39, 0.29) is 16.7 Å². The first kappa shape index (κ1) is 18.2. The van der Waals surface area contributed by atoms with Crippen LogP contribution in [0.5, 0.6) is 5.75 Å². The summed E-state index contributed by atoms with van der Waals surface area (Å²) in [5.41, 5.74) is 1.47. The van der Waals surface area contributed by atoms with Crippen molar-refractivity contribution in [2.24, 2.45) is 0 Å². The summed E-state index contributed by atoms with van der Waals surface area (Å²) in [7, 11) is -4.02. The average molecular weight is 357 g/mol. The smallest absolute Gasteiger partial charge is 0.294 e. The second-order valence-corrected chi connectivity index (χ2v) is 6.80. The van der Waals surface area contributed by atoms with Crippen LogP contribution < -0.4 is 10.1 Å². The zero-order chi connectivity index (χ0) is 17.9. The molecule has 0 unspecified atom stereocenters. The van der Waals surface area contributed by atoms with E-state index in [1.54, 1.807) is 12.1 Å². The van der Waals surface area contributed by atoms with Crippen molar-refractivity contribution in [1.29, 1.82) is 0 Å². The zero-order valence-corrected chi connectivity index (χ0v) is 13.9. The molecule has 8 heteroatoms. The van der Waals surface area contributed by atoms with Crippen molar-refractivity contribution >= 4 is 15.8 Å². The summed E-state index contributed by atoms with van der Waals surface area (Å²) in [6, 6.07) is 8.67. The minimum absolute atomic E-state index is 0.0156. The molecule has 5 nitrogen and oxygen atoms in total. The molecule has 0 radical (unpaired) electrons. The van der Waals surface area contributed by atoms with Gasteiger partial charge in [0.1, 0.15) is 6.61 Å². The lowest BCUT2D eigenvalue weighted by atomic mass is 10.2. The van der Waals surface area contributed by atoms with Crippen LogP contribution in [0.3, 0.4) is 0 Å².